The average Bonchev–Trinajstić information content (AvgIpc) is 2.59. The van der Waals surface area contributed by atoms with Gasteiger partial charge < -0.3 is 10.1 Å². The summed E-state index contributed by atoms with van der Waals surface area (Å²) in [7, 11) is 1.61. The van der Waals surface area contributed by atoms with Crippen LogP contribution in [-0.2, 0) is 4.79 Å². The maximum absolute atomic E-state index is 11.8. The van der Waals surface area contributed by atoms with Crippen molar-refractivity contribution < 1.29 is 9.53 Å². The zero-order valence-corrected chi connectivity index (χ0v) is 12.7. The Morgan fingerprint density at radius 1 is 1.09 bits per heavy atom. The number of hydrogen-bond acceptors (Lipinski definition) is 4. The third-order valence-corrected chi connectivity index (χ3v) is 3.08. The van der Waals surface area contributed by atoms with Gasteiger partial charge in [0.05, 0.1) is 19.4 Å². The molecule has 0 aromatic heterocycles. The van der Waals surface area contributed by atoms with Crippen molar-refractivity contribution in [2.75, 3.05) is 19.0 Å². The van der Waals surface area contributed by atoms with Crippen molar-refractivity contribution >= 4 is 17.3 Å². The third-order valence-electron chi connectivity index (χ3n) is 3.08. The number of carbonyl (C=O) groups excluding carboxylic acids is 1. The average molecular weight is 297 g/mol. The Morgan fingerprint density at radius 3 is 2.41 bits per heavy atom. The second kappa shape index (κ2) is 7.83. The molecule has 5 heteroatoms. The molecule has 0 saturated heterocycles. The minimum atomic E-state index is -0.203. The van der Waals surface area contributed by atoms with E-state index in [0.29, 0.717) is 0 Å². The summed E-state index contributed by atoms with van der Waals surface area (Å²) in [5.74, 6) is 0.573. The van der Waals surface area contributed by atoms with Crippen molar-refractivity contribution in [3.63, 3.8) is 0 Å². The van der Waals surface area contributed by atoms with E-state index in [9.17, 15) is 4.79 Å². The van der Waals surface area contributed by atoms with Crippen molar-refractivity contribution in [3.05, 3.63) is 60.2 Å². The first-order valence-corrected chi connectivity index (χ1v) is 6.95. The van der Waals surface area contributed by atoms with Crippen LogP contribution in [0.5, 0.6) is 5.75 Å². The van der Waals surface area contributed by atoms with Crippen LogP contribution in [0.4, 0.5) is 5.69 Å². The van der Waals surface area contributed by atoms with Gasteiger partial charge >= 0.3 is 0 Å². The number of amides is 1. The molecule has 114 valence electrons. The minimum absolute atomic E-state index is 0.151. The first-order chi connectivity index (χ1) is 10.7. The molecule has 0 radical (unpaired) electrons. The highest BCUT2D eigenvalue weighted by Gasteiger charge is 2.01. The van der Waals surface area contributed by atoms with Gasteiger partial charge in [0.25, 0.3) is 5.91 Å². The lowest BCUT2D eigenvalue weighted by Gasteiger charge is -2.07. The topological polar surface area (TPSA) is 62.7 Å². The van der Waals surface area contributed by atoms with E-state index in [1.54, 1.807) is 7.11 Å². The highest BCUT2D eigenvalue weighted by molar-refractivity contribution is 5.99. The van der Waals surface area contributed by atoms with E-state index < -0.39 is 0 Å². The molecule has 0 saturated carbocycles. The molecular weight excluding hydrogens is 278 g/mol. The highest BCUT2D eigenvalue weighted by atomic mass is 16.5. The van der Waals surface area contributed by atoms with E-state index in [4.69, 9.17) is 4.74 Å². The van der Waals surface area contributed by atoms with Gasteiger partial charge in [0.1, 0.15) is 5.75 Å². The summed E-state index contributed by atoms with van der Waals surface area (Å²) >= 11 is 0. The molecule has 0 atom stereocenters. The molecule has 2 N–H and O–H groups in total. The first kappa shape index (κ1) is 15.6. The fourth-order valence-corrected chi connectivity index (χ4v) is 1.82. The summed E-state index contributed by atoms with van der Waals surface area (Å²) in [5.41, 5.74) is 5.12. The highest BCUT2D eigenvalue weighted by Crippen LogP contribution is 2.14. The molecule has 2 rings (SSSR count). The van der Waals surface area contributed by atoms with Crippen LogP contribution in [0.3, 0.4) is 0 Å². The maximum atomic E-state index is 11.8. The van der Waals surface area contributed by atoms with Crippen molar-refractivity contribution in [2.24, 2.45) is 5.10 Å². The van der Waals surface area contributed by atoms with Crippen molar-refractivity contribution in [1.29, 1.82) is 0 Å². The zero-order chi connectivity index (χ0) is 15.8. The number of nitrogens with one attached hydrogen (secondary N) is 2. The van der Waals surface area contributed by atoms with E-state index in [0.717, 1.165) is 22.7 Å². The second-order valence-corrected chi connectivity index (χ2v) is 4.68. The van der Waals surface area contributed by atoms with E-state index >= 15 is 0 Å². The van der Waals surface area contributed by atoms with Gasteiger partial charge in [-0.3, -0.25) is 4.79 Å². The number of rotatable bonds is 6. The lowest BCUT2D eigenvalue weighted by Crippen LogP contribution is -2.26. The van der Waals surface area contributed by atoms with E-state index in [1.807, 2.05) is 61.5 Å². The second-order valence-electron chi connectivity index (χ2n) is 4.68. The van der Waals surface area contributed by atoms with Gasteiger partial charge in [0, 0.05) is 5.69 Å². The smallest absolute Gasteiger partial charge is 0.259 e. The molecule has 0 heterocycles. The summed E-state index contributed by atoms with van der Waals surface area (Å²) < 4.78 is 5.08. The normalized spacial score (nSPS) is 10.9. The van der Waals surface area contributed by atoms with Crippen LogP contribution in [0.2, 0.25) is 0 Å². The quantitative estimate of drug-likeness (QED) is 0.636. The molecule has 0 aliphatic heterocycles. The first-order valence-electron chi connectivity index (χ1n) is 6.95. The Kier molecular flexibility index (Phi) is 5.54. The monoisotopic (exact) mass is 297 g/mol. The zero-order valence-electron chi connectivity index (χ0n) is 12.7. The number of ether oxygens (including phenoxy) is 1. The van der Waals surface area contributed by atoms with Crippen LogP contribution < -0.4 is 15.5 Å². The van der Waals surface area contributed by atoms with Crippen LogP contribution in [0.25, 0.3) is 0 Å². The number of hydrazone groups is 1. The van der Waals surface area contributed by atoms with Gasteiger partial charge in [0.2, 0.25) is 0 Å². The Labute approximate surface area is 130 Å². The van der Waals surface area contributed by atoms with Gasteiger partial charge in [-0.2, -0.15) is 5.10 Å². The third kappa shape index (κ3) is 4.63. The van der Waals surface area contributed by atoms with E-state index in [-0.39, 0.29) is 12.5 Å². The number of nitrogens with zero attached hydrogens (tertiary/aromatic N) is 1. The van der Waals surface area contributed by atoms with Crippen LogP contribution in [0.15, 0.2) is 59.7 Å². The summed E-state index contributed by atoms with van der Waals surface area (Å²) in [6, 6.07) is 17.1. The SMILES string of the molecule is COc1ccc(NCC(=O)NN=C(C)c2ccccc2)cc1. The minimum Gasteiger partial charge on any atom is -0.497 e. The predicted molar refractivity (Wildman–Crippen MR) is 88.3 cm³/mol. The molecule has 2 aromatic rings. The molecule has 0 unspecified atom stereocenters. The van der Waals surface area contributed by atoms with Gasteiger partial charge in [-0.25, -0.2) is 5.43 Å². The fraction of sp³-hybridized carbons (Fsp3) is 0.176. The molecule has 0 fully saturated rings. The summed E-state index contributed by atoms with van der Waals surface area (Å²) in [6.45, 7) is 2.00. The molecule has 22 heavy (non-hydrogen) atoms. The number of anilines is 1. The van der Waals surface area contributed by atoms with Crippen LogP contribution >= 0.6 is 0 Å². The van der Waals surface area contributed by atoms with Crippen LogP contribution in [-0.4, -0.2) is 25.3 Å². The Hall–Kier alpha value is -2.82. The van der Waals surface area contributed by atoms with Gasteiger partial charge in [-0.1, -0.05) is 30.3 Å². The van der Waals surface area contributed by atoms with Crippen molar-refractivity contribution in [3.8, 4) is 5.75 Å². The van der Waals surface area contributed by atoms with Crippen LogP contribution in [0, 0.1) is 0 Å². The molecule has 2 aromatic carbocycles. The Bertz CT molecular complexity index is 637. The van der Waals surface area contributed by atoms with Crippen LogP contribution in [0.1, 0.15) is 12.5 Å². The van der Waals surface area contributed by atoms with Gasteiger partial charge in [0.15, 0.2) is 0 Å². The summed E-state index contributed by atoms with van der Waals surface area (Å²) in [6.07, 6.45) is 0. The van der Waals surface area contributed by atoms with Gasteiger partial charge in [-0.15, -0.1) is 0 Å². The summed E-state index contributed by atoms with van der Waals surface area (Å²) in [4.78, 5) is 11.8. The Balaban J connectivity index is 1.82. The summed E-state index contributed by atoms with van der Waals surface area (Å²) in [5, 5.41) is 7.11. The number of carbonyl (C=O) groups is 1. The fourth-order valence-electron chi connectivity index (χ4n) is 1.82. The van der Waals surface area contributed by atoms with Gasteiger partial charge in [-0.05, 0) is 36.8 Å². The lowest BCUT2D eigenvalue weighted by molar-refractivity contribution is -0.119. The molecule has 5 nitrogen and oxygen atoms in total. The molecule has 1 amide bonds. The lowest BCUT2D eigenvalue weighted by atomic mass is 10.1. The molecule has 0 aliphatic carbocycles. The molecule has 0 aliphatic rings. The number of benzene rings is 2. The standard InChI is InChI=1S/C17H19N3O2/c1-13(14-6-4-3-5-7-14)19-20-17(21)12-18-15-8-10-16(22-2)11-9-15/h3-11,18H,12H2,1-2H3,(H,20,21). The Morgan fingerprint density at radius 2 is 1.77 bits per heavy atom. The number of hydrogen-bond donors (Lipinski definition) is 2. The molecular formula is C17H19N3O2. The number of methoxy groups -OCH3 is 1. The largest absolute Gasteiger partial charge is 0.497 e. The molecule has 0 spiro atoms. The van der Waals surface area contributed by atoms with E-state index in [2.05, 4.69) is 15.8 Å². The van der Waals surface area contributed by atoms with E-state index in [1.165, 1.54) is 0 Å². The van der Waals surface area contributed by atoms with Crippen molar-refractivity contribution in [1.82, 2.24) is 5.43 Å². The molecule has 0 bridgehead atoms. The predicted octanol–water partition coefficient (Wildman–Crippen LogP) is 2.65. The van der Waals surface area contributed by atoms with Crippen molar-refractivity contribution in [2.45, 2.75) is 6.92 Å². The maximum Gasteiger partial charge on any atom is 0.259 e.